The highest BCUT2D eigenvalue weighted by molar-refractivity contribution is 6.05. The summed E-state index contributed by atoms with van der Waals surface area (Å²) in [7, 11) is 0. The molecule has 0 unspecified atom stereocenters. The maximum absolute atomic E-state index is 11.2. The molecule has 4 nitrogen and oxygen atoms in total. The largest absolute Gasteiger partial charge is 0.368 e. The number of hydrogen-bond acceptors (Lipinski definition) is 3. The molecule has 1 heterocycles. The van der Waals surface area contributed by atoms with Crippen molar-refractivity contribution in [1.29, 1.82) is 0 Å². The van der Waals surface area contributed by atoms with Gasteiger partial charge in [-0.2, -0.15) is 0 Å². The lowest BCUT2D eigenvalue weighted by atomic mass is 10.2. The minimum Gasteiger partial charge on any atom is -0.368 e. The first kappa shape index (κ1) is 9.25. The zero-order valence-corrected chi connectivity index (χ0v) is 7.20. The van der Waals surface area contributed by atoms with Crippen LogP contribution in [0.5, 0.6) is 0 Å². The Labute approximate surface area is 76.0 Å². The van der Waals surface area contributed by atoms with Gasteiger partial charge in [-0.15, -0.1) is 0 Å². The van der Waals surface area contributed by atoms with E-state index in [2.05, 4.69) is 10.6 Å². The number of carbonyl (C=O) groups excluding carboxylic acids is 2. The van der Waals surface area contributed by atoms with Gasteiger partial charge in [0.15, 0.2) is 0 Å². The lowest BCUT2D eigenvalue weighted by molar-refractivity contribution is -0.126. The van der Waals surface area contributed by atoms with Crippen molar-refractivity contribution in [2.75, 3.05) is 0 Å². The fraction of sp³-hybridized carbons (Fsp3) is 0.111. The quantitative estimate of drug-likeness (QED) is 0.603. The van der Waals surface area contributed by atoms with Gasteiger partial charge in [0.1, 0.15) is 0 Å². The molecule has 68 valence electrons. The molecule has 0 aromatic carbocycles. The van der Waals surface area contributed by atoms with Gasteiger partial charge in [0, 0.05) is 24.9 Å². The summed E-state index contributed by atoms with van der Waals surface area (Å²) in [6, 6.07) is 0. The molecule has 0 aliphatic carbocycles. The third kappa shape index (κ3) is 2.94. The van der Waals surface area contributed by atoms with E-state index in [-0.39, 0.29) is 5.91 Å². The van der Waals surface area contributed by atoms with Crippen molar-refractivity contribution in [2.45, 2.75) is 6.92 Å². The molecule has 0 saturated heterocycles. The molecule has 2 amide bonds. The zero-order chi connectivity index (χ0) is 9.68. The number of amides is 2. The van der Waals surface area contributed by atoms with Crippen LogP contribution in [0.4, 0.5) is 0 Å². The van der Waals surface area contributed by atoms with Crippen molar-refractivity contribution in [2.24, 2.45) is 0 Å². The van der Waals surface area contributed by atoms with Crippen LogP contribution in [0, 0.1) is 0 Å². The summed E-state index contributed by atoms with van der Waals surface area (Å²) in [5.41, 5.74) is 0.441. The molecule has 4 heteroatoms. The zero-order valence-electron chi connectivity index (χ0n) is 7.20. The van der Waals surface area contributed by atoms with Crippen molar-refractivity contribution in [3.8, 4) is 0 Å². The lowest BCUT2D eigenvalue weighted by Crippen LogP contribution is -2.28. The molecule has 0 bridgehead atoms. The van der Waals surface area contributed by atoms with Gasteiger partial charge in [0.05, 0.1) is 0 Å². The molecule has 0 radical (unpaired) electrons. The molecule has 0 aromatic rings. The van der Waals surface area contributed by atoms with Crippen LogP contribution in [0.2, 0.25) is 0 Å². The molecule has 0 spiro atoms. The molecule has 0 fully saturated rings. The van der Waals surface area contributed by atoms with Crippen molar-refractivity contribution < 1.29 is 9.59 Å². The first-order chi connectivity index (χ1) is 6.20. The van der Waals surface area contributed by atoms with E-state index in [1.165, 1.54) is 6.92 Å². The van der Waals surface area contributed by atoms with Gasteiger partial charge in [-0.05, 0) is 18.2 Å². The molecule has 0 atom stereocenters. The van der Waals surface area contributed by atoms with Crippen molar-refractivity contribution in [3.63, 3.8) is 0 Å². The Balaban J connectivity index is 2.70. The number of nitrogens with one attached hydrogen (secondary N) is 2. The predicted octanol–water partition coefficient (Wildman–Crippen LogP) is 0.206. The van der Waals surface area contributed by atoms with E-state index in [1.807, 2.05) is 0 Å². The summed E-state index contributed by atoms with van der Waals surface area (Å²) in [4.78, 5) is 21.8. The third-order valence-corrected chi connectivity index (χ3v) is 1.38. The van der Waals surface area contributed by atoms with Gasteiger partial charge in [0.25, 0.3) is 5.91 Å². The highest BCUT2D eigenvalue weighted by Crippen LogP contribution is 1.99. The summed E-state index contributed by atoms with van der Waals surface area (Å²) >= 11 is 0. The maximum atomic E-state index is 11.2. The standard InChI is InChI=1S/C9H10N2O2/c1-7(12)11-9(13)8-3-2-5-10-6-4-8/h2-6,10H,1H3,(H,11,12,13). The second kappa shape index (κ2) is 4.25. The molecular formula is C9H10N2O2. The van der Waals surface area contributed by atoms with Crippen LogP contribution >= 0.6 is 0 Å². The van der Waals surface area contributed by atoms with E-state index in [1.54, 1.807) is 30.6 Å². The van der Waals surface area contributed by atoms with Gasteiger partial charge in [-0.1, -0.05) is 0 Å². The Morgan fingerprint density at radius 3 is 2.85 bits per heavy atom. The highest BCUT2D eigenvalue weighted by atomic mass is 16.2. The molecule has 1 aliphatic heterocycles. The molecule has 0 aromatic heterocycles. The first-order valence-electron chi connectivity index (χ1n) is 3.81. The Morgan fingerprint density at radius 2 is 2.15 bits per heavy atom. The molecule has 0 saturated carbocycles. The monoisotopic (exact) mass is 178 g/mol. The Hall–Kier alpha value is -1.84. The average Bonchev–Trinajstić information content (AvgIpc) is 2.29. The van der Waals surface area contributed by atoms with Crippen molar-refractivity contribution >= 4 is 11.8 Å². The van der Waals surface area contributed by atoms with Crippen LogP contribution in [0.15, 0.2) is 36.2 Å². The van der Waals surface area contributed by atoms with E-state index in [0.29, 0.717) is 5.57 Å². The molecule has 2 N–H and O–H groups in total. The number of allylic oxidation sites excluding steroid dienone is 2. The van der Waals surface area contributed by atoms with Gasteiger partial charge < -0.3 is 5.32 Å². The fourth-order valence-corrected chi connectivity index (χ4v) is 0.840. The summed E-state index contributed by atoms with van der Waals surface area (Å²) in [5, 5.41) is 4.99. The van der Waals surface area contributed by atoms with Crippen LogP contribution in [0.25, 0.3) is 0 Å². The van der Waals surface area contributed by atoms with E-state index in [9.17, 15) is 9.59 Å². The van der Waals surface area contributed by atoms with Crippen LogP contribution in [-0.2, 0) is 9.59 Å². The van der Waals surface area contributed by atoms with Crippen molar-refractivity contribution in [1.82, 2.24) is 10.6 Å². The Kier molecular flexibility index (Phi) is 3.03. The maximum Gasteiger partial charge on any atom is 0.257 e. The van der Waals surface area contributed by atoms with Gasteiger partial charge in [-0.25, -0.2) is 0 Å². The van der Waals surface area contributed by atoms with E-state index in [0.717, 1.165) is 0 Å². The predicted molar refractivity (Wildman–Crippen MR) is 48.3 cm³/mol. The van der Waals surface area contributed by atoms with E-state index in [4.69, 9.17) is 0 Å². The lowest BCUT2D eigenvalue weighted by Gasteiger charge is -1.99. The normalized spacial score (nSPS) is 14.1. The van der Waals surface area contributed by atoms with Crippen LogP contribution in [-0.4, -0.2) is 11.8 Å². The second-order valence-electron chi connectivity index (χ2n) is 2.49. The SMILES string of the molecule is CC(=O)NC(=O)C1=CC=CNC=C1. The molecule has 1 rings (SSSR count). The summed E-state index contributed by atoms with van der Waals surface area (Å²) in [6.45, 7) is 1.30. The summed E-state index contributed by atoms with van der Waals surface area (Å²) < 4.78 is 0. The number of hydrogen-bond donors (Lipinski definition) is 2. The molecule has 1 aliphatic rings. The number of rotatable bonds is 1. The summed E-state index contributed by atoms with van der Waals surface area (Å²) in [6.07, 6.45) is 8.21. The summed E-state index contributed by atoms with van der Waals surface area (Å²) in [5.74, 6) is -0.752. The smallest absolute Gasteiger partial charge is 0.257 e. The number of imide groups is 1. The second-order valence-corrected chi connectivity index (χ2v) is 2.49. The minimum absolute atomic E-state index is 0.361. The third-order valence-electron chi connectivity index (χ3n) is 1.38. The topological polar surface area (TPSA) is 58.2 Å². The molecule has 13 heavy (non-hydrogen) atoms. The Morgan fingerprint density at radius 1 is 1.38 bits per heavy atom. The minimum atomic E-state index is -0.392. The van der Waals surface area contributed by atoms with Gasteiger partial charge in [0.2, 0.25) is 5.91 Å². The first-order valence-corrected chi connectivity index (χ1v) is 3.81. The van der Waals surface area contributed by atoms with Crippen LogP contribution in [0.1, 0.15) is 6.92 Å². The van der Waals surface area contributed by atoms with E-state index >= 15 is 0 Å². The van der Waals surface area contributed by atoms with Crippen LogP contribution < -0.4 is 10.6 Å². The molecular weight excluding hydrogens is 168 g/mol. The fourth-order valence-electron chi connectivity index (χ4n) is 0.840. The van der Waals surface area contributed by atoms with E-state index < -0.39 is 5.91 Å². The van der Waals surface area contributed by atoms with Gasteiger partial charge >= 0.3 is 0 Å². The van der Waals surface area contributed by atoms with Crippen molar-refractivity contribution in [3.05, 3.63) is 36.2 Å². The van der Waals surface area contributed by atoms with Crippen LogP contribution in [0.3, 0.4) is 0 Å². The average molecular weight is 178 g/mol. The van der Waals surface area contributed by atoms with Gasteiger partial charge in [-0.3, -0.25) is 14.9 Å². The number of carbonyl (C=O) groups is 2. The Bertz CT molecular complexity index is 314. The highest BCUT2D eigenvalue weighted by Gasteiger charge is 2.07.